The van der Waals surface area contributed by atoms with Crippen LogP contribution < -0.4 is 10.1 Å². The fourth-order valence-electron chi connectivity index (χ4n) is 3.24. The van der Waals surface area contributed by atoms with E-state index < -0.39 is 40.5 Å². The first kappa shape index (κ1) is 35.3. The lowest BCUT2D eigenvalue weighted by Gasteiger charge is -2.33. The number of rotatable bonds is 12. The molecular weight excluding hydrogens is 521 g/mol. The van der Waals surface area contributed by atoms with Gasteiger partial charge in [0.1, 0.15) is 5.75 Å². The SMILES string of the molecule is CC(C)(C)NCC(O)c1ccc(OCOP(=O)(OC(C)(C)C)OC(C)(C)C)c(C(C)(C)O[SiH2]C(C)(C)C)c1. The normalized spacial score (nSPS) is 15.3. The third-order valence-corrected chi connectivity index (χ3v) is 8.62. The number of aliphatic hydroxyl groups excluding tert-OH is 1. The monoisotopic (exact) mass is 575 g/mol. The van der Waals surface area contributed by atoms with Gasteiger partial charge in [0.2, 0.25) is 0 Å². The third-order valence-electron chi connectivity index (χ3n) is 4.93. The van der Waals surface area contributed by atoms with Crippen molar-refractivity contribution >= 4 is 17.6 Å². The zero-order valence-electron chi connectivity index (χ0n) is 26.3. The van der Waals surface area contributed by atoms with Gasteiger partial charge in [0.25, 0.3) is 0 Å². The molecule has 1 unspecified atom stereocenters. The highest BCUT2D eigenvalue weighted by Gasteiger charge is 2.38. The van der Waals surface area contributed by atoms with Crippen molar-refractivity contribution in [2.45, 2.75) is 130 Å². The van der Waals surface area contributed by atoms with Crippen molar-refractivity contribution in [1.82, 2.24) is 5.32 Å². The molecule has 1 rings (SSSR count). The largest absolute Gasteiger partial charge is 0.478 e. The van der Waals surface area contributed by atoms with E-state index in [1.165, 1.54) is 0 Å². The number of phosphoric acid groups is 1. The Balaban J connectivity index is 3.27. The van der Waals surface area contributed by atoms with Gasteiger partial charge in [0.15, 0.2) is 16.6 Å². The van der Waals surface area contributed by atoms with Crippen LogP contribution in [0.1, 0.15) is 114 Å². The van der Waals surface area contributed by atoms with Gasteiger partial charge in [-0.3, -0.25) is 9.05 Å². The molecule has 1 aromatic rings. The highest BCUT2D eigenvalue weighted by molar-refractivity contribution is 7.48. The lowest BCUT2D eigenvalue weighted by atomic mass is 9.93. The summed E-state index contributed by atoms with van der Waals surface area (Å²) in [4.78, 5) is 0. The Kier molecular flexibility index (Phi) is 11.9. The van der Waals surface area contributed by atoms with E-state index in [1.807, 2.05) is 26.0 Å². The van der Waals surface area contributed by atoms with Crippen LogP contribution in [0.15, 0.2) is 18.2 Å². The van der Waals surface area contributed by atoms with Crippen LogP contribution in [0.4, 0.5) is 0 Å². The van der Waals surface area contributed by atoms with Gasteiger partial charge in [-0.2, -0.15) is 0 Å². The summed E-state index contributed by atoms with van der Waals surface area (Å²) in [6.07, 6.45) is -0.713. The summed E-state index contributed by atoms with van der Waals surface area (Å²) >= 11 is 0. The van der Waals surface area contributed by atoms with Crippen LogP contribution in [0.3, 0.4) is 0 Å². The van der Waals surface area contributed by atoms with Gasteiger partial charge in [-0.25, -0.2) is 9.09 Å². The van der Waals surface area contributed by atoms with Gasteiger partial charge in [-0.15, -0.1) is 0 Å². The summed E-state index contributed by atoms with van der Waals surface area (Å²) in [5.74, 6) is 0.510. The zero-order valence-corrected chi connectivity index (χ0v) is 28.6. The van der Waals surface area contributed by atoms with Crippen molar-refractivity contribution in [1.29, 1.82) is 0 Å². The maximum atomic E-state index is 13.4. The van der Waals surface area contributed by atoms with Crippen LogP contribution in [-0.2, 0) is 28.2 Å². The number of benzene rings is 1. The lowest BCUT2D eigenvalue weighted by molar-refractivity contribution is -0.0196. The topological polar surface area (TPSA) is 95.5 Å². The molecule has 0 fully saturated rings. The van der Waals surface area contributed by atoms with Crippen LogP contribution in [0.2, 0.25) is 5.04 Å². The van der Waals surface area contributed by atoms with Crippen molar-refractivity contribution in [3.05, 3.63) is 29.3 Å². The molecule has 222 valence electrons. The van der Waals surface area contributed by atoms with Crippen molar-refractivity contribution in [3.63, 3.8) is 0 Å². The molecule has 0 saturated carbocycles. The predicted octanol–water partition coefficient (Wildman–Crippen LogP) is 6.75. The van der Waals surface area contributed by atoms with E-state index in [1.54, 1.807) is 47.6 Å². The van der Waals surface area contributed by atoms with Crippen molar-refractivity contribution in [2.24, 2.45) is 0 Å². The van der Waals surface area contributed by atoms with E-state index in [-0.39, 0.29) is 17.4 Å². The standard InChI is InChI=1S/C28H54NO7PSi/c1-24(2,3)29-18-22(30)20-15-16-23(21(17-20)28(13,14)36-38-27(10,11)12)32-19-33-37(31,34-25(4,5)6)35-26(7,8)9/h15-17,22,29-30H,18-19,38H2,1-14H3. The lowest BCUT2D eigenvalue weighted by Crippen LogP contribution is -2.38. The van der Waals surface area contributed by atoms with E-state index in [9.17, 15) is 9.67 Å². The third kappa shape index (κ3) is 14.0. The van der Waals surface area contributed by atoms with Crippen molar-refractivity contribution in [3.8, 4) is 5.75 Å². The number of hydrogen-bond acceptors (Lipinski definition) is 8. The van der Waals surface area contributed by atoms with Crippen molar-refractivity contribution in [2.75, 3.05) is 13.3 Å². The molecule has 0 bridgehead atoms. The smallest absolute Gasteiger partial charge is 0.467 e. The van der Waals surface area contributed by atoms with Gasteiger partial charge < -0.3 is 19.6 Å². The first-order chi connectivity index (χ1) is 16.8. The van der Waals surface area contributed by atoms with Crippen molar-refractivity contribution < 1.29 is 32.4 Å². The fourth-order valence-corrected chi connectivity index (χ4v) is 5.86. The Bertz CT molecular complexity index is 920. The van der Waals surface area contributed by atoms with E-state index >= 15 is 0 Å². The number of β-amino-alcohol motifs (C(OH)–C–C–N with tert-alkyl or cyclic N) is 1. The second kappa shape index (κ2) is 12.8. The summed E-state index contributed by atoms with van der Waals surface area (Å²) < 4.78 is 42.9. The quantitative estimate of drug-likeness (QED) is 0.160. The van der Waals surface area contributed by atoms with E-state index in [0.717, 1.165) is 11.1 Å². The molecule has 0 radical (unpaired) electrons. The highest BCUT2D eigenvalue weighted by Crippen LogP contribution is 2.55. The molecule has 0 heterocycles. The number of nitrogens with one attached hydrogen (secondary N) is 1. The molecule has 0 saturated heterocycles. The molecule has 8 nitrogen and oxygen atoms in total. The fraction of sp³-hybridized carbons (Fsp3) is 0.786. The molecule has 38 heavy (non-hydrogen) atoms. The van der Waals surface area contributed by atoms with Gasteiger partial charge in [-0.1, -0.05) is 26.8 Å². The van der Waals surface area contributed by atoms with Crippen LogP contribution in [0.25, 0.3) is 0 Å². The number of phosphoric ester groups is 1. The molecule has 1 aromatic carbocycles. The van der Waals surface area contributed by atoms with Gasteiger partial charge in [-0.05, 0) is 98.9 Å². The summed E-state index contributed by atoms with van der Waals surface area (Å²) in [5, 5.41) is 14.3. The molecule has 0 amide bonds. The second-order valence-electron chi connectivity index (χ2n) is 14.5. The first-order valence-electron chi connectivity index (χ1n) is 13.3. The van der Waals surface area contributed by atoms with Crippen LogP contribution in [-0.4, -0.2) is 44.9 Å². The van der Waals surface area contributed by atoms with Gasteiger partial charge in [0.05, 0.1) is 22.9 Å². The Hall–Kier alpha value is -0.773. The van der Waals surface area contributed by atoms with Crippen LogP contribution in [0, 0.1) is 0 Å². The molecule has 0 aliphatic rings. The second-order valence-corrected chi connectivity index (χ2v) is 18.7. The zero-order chi connectivity index (χ0) is 29.8. The number of ether oxygens (including phenoxy) is 1. The molecule has 2 N–H and O–H groups in total. The number of aliphatic hydroxyl groups is 1. The minimum Gasteiger partial charge on any atom is -0.467 e. The first-order valence-corrected chi connectivity index (χ1v) is 16.1. The Morgan fingerprint density at radius 3 is 1.87 bits per heavy atom. The Labute approximate surface area is 234 Å². The van der Waals surface area contributed by atoms with Gasteiger partial charge in [0, 0.05) is 17.6 Å². The summed E-state index contributed by atoms with van der Waals surface area (Å²) in [6.45, 7) is 27.4. The minimum atomic E-state index is -3.94. The molecular formula is C28H54NO7PSi. The summed E-state index contributed by atoms with van der Waals surface area (Å²) in [7, 11) is -4.84. The molecule has 0 aliphatic carbocycles. The molecule has 0 spiro atoms. The Morgan fingerprint density at radius 2 is 1.42 bits per heavy atom. The van der Waals surface area contributed by atoms with Gasteiger partial charge >= 0.3 is 7.82 Å². The molecule has 10 heteroatoms. The maximum absolute atomic E-state index is 13.4. The number of hydrogen-bond donors (Lipinski definition) is 2. The van der Waals surface area contributed by atoms with E-state index in [2.05, 4.69) is 46.9 Å². The van der Waals surface area contributed by atoms with E-state index in [4.69, 9.17) is 22.7 Å². The summed E-state index contributed by atoms with van der Waals surface area (Å²) in [5.41, 5.74) is -0.792. The molecule has 1 atom stereocenters. The minimum absolute atomic E-state index is 0.0936. The predicted molar refractivity (Wildman–Crippen MR) is 157 cm³/mol. The van der Waals surface area contributed by atoms with E-state index in [0.29, 0.717) is 12.3 Å². The van der Waals surface area contributed by atoms with Crippen LogP contribution >= 0.6 is 7.82 Å². The van der Waals surface area contributed by atoms with Crippen LogP contribution in [0.5, 0.6) is 5.75 Å². The average molecular weight is 576 g/mol. The Morgan fingerprint density at radius 1 is 0.895 bits per heavy atom. The molecule has 0 aliphatic heterocycles. The average Bonchev–Trinajstić information content (AvgIpc) is 2.66. The molecule has 0 aromatic heterocycles. The summed E-state index contributed by atoms with van der Waals surface area (Å²) in [6, 6.07) is 5.53. The highest BCUT2D eigenvalue weighted by atomic mass is 31.2. The maximum Gasteiger partial charge on any atom is 0.478 e.